The van der Waals surface area contributed by atoms with Gasteiger partial charge in [0.25, 0.3) is 11.8 Å². The SMILES string of the molecule is CC(c1nccc2ccccc12)N1C(=O)c2ccccc2C1=O. The average Bonchev–Trinajstić information content (AvgIpc) is 2.85. The maximum absolute atomic E-state index is 12.6. The van der Waals surface area contributed by atoms with Crippen LogP contribution in [0.1, 0.15) is 39.4 Å². The fourth-order valence-electron chi connectivity index (χ4n) is 3.16. The number of aromatic nitrogens is 1. The first-order valence-electron chi connectivity index (χ1n) is 7.49. The molecule has 0 bridgehead atoms. The van der Waals surface area contributed by atoms with Crippen molar-refractivity contribution >= 4 is 22.6 Å². The lowest BCUT2D eigenvalue weighted by molar-refractivity contribution is 0.0593. The molecular formula is C19H14N2O2. The third-order valence-electron chi connectivity index (χ3n) is 4.31. The van der Waals surface area contributed by atoms with Crippen LogP contribution in [0.25, 0.3) is 10.8 Å². The summed E-state index contributed by atoms with van der Waals surface area (Å²) in [5.41, 5.74) is 1.66. The van der Waals surface area contributed by atoms with Crippen molar-refractivity contribution in [1.82, 2.24) is 9.88 Å². The van der Waals surface area contributed by atoms with E-state index in [9.17, 15) is 9.59 Å². The van der Waals surface area contributed by atoms with Gasteiger partial charge in [-0.2, -0.15) is 0 Å². The summed E-state index contributed by atoms with van der Waals surface area (Å²) in [6.07, 6.45) is 1.71. The molecule has 0 N–H and O–H groups in total. The fourth-order valence-corrected chi connectivity index (χ4v) is 3.16. The molecular weight excluding hydrogens is 288 g/mol. The highest BCUT2D eigenvalue weighted by atomic mass is 16.2. The van der Waals surface area contributed by atoms with Crippen LogP contribution in [0, 0.1) is 0 Å². The Morgan fingerprint density at radius 3 is 2.17 bits per heavy atom. The minimum absolute atomic E-state index is 0.257. The number of carbonyl (C=O) groups excluding carboxylic acids is 2. The zero-order chi connectivity index (χ0) is 16.0. The topological polar surface area (TPSA) is 50.3 Å². The number of hydrogen-bond donors (Lipinski definition) is 0. The molecule has 4 nitrogen and oxygen atoms in total. The monoisotopic (exact) mass is 302 g/mol. The van der Waals surface area contributed by atoms with E-state index in [1.165, 1.54) is 4.90 Å². The van der Waals surface area contributed by atoms with Gasteiger partial charge in [-0.15, -0.1) is 0 Å². The Hall–Kier alpha value is -3.01. The molecule has 1 aliphatic rings. The Bertz CT molecular complexity index is 909. The third kappa shape index (κ3) is 1.95. The summed E-state index contributed by atoms with van der Waals surface area (Å²) in [7, 11) is 0. The highest BCUT2D eigenvalue weighted by Gasteiger charge is 2.39. The summed E-state index contributed by atoms with van der Waals surface area (Å²) < 4.78 is 0. The van der Waals surface area contributed by atoms with Gasteiger partial charge in [0, 0.05) is 11.6 Å². The Kier molecular flexibility index (Phi) is 2.98. The first-order chi connectivity index (χ1) is 11.2. The Labute approximate surface area is 133 Å². The molecule has 2 heterocycles. The fraction of sp³-hybridized carbons (Fsp3) is 0.105. The molecule has 112 valence electrons. The first kappa shape index (κ1) is 13.6. The predicted octanol–water partition coefficient (Wildman–Crippen LogP) is 3.59. The molecule has 0 spiro atoms. The van der Waals surface area contributed by atoms with Gasteiger partial charge in [-0.25, -0.2) is 0 Å². The average molecular weight is 302 g/mol. The Balaban J connectivity index is 1.82. The van der Waals surface area contributed by atoms with Gasteiger partial charge >= 0.3 is 0 Å². The lowest BCUT2D eigenvalue weighted by Gasteiger charge is -2.23. The van der Waals surface area contributed by atoms with Gasteiger partial charge in [0.05, 0.1) is 22.9 Å². The van der Waals surface area contributed by atoms with Crippen LogP contribution >= 0.6 is 0 Å². The van der Waals surface area contributed by atoms with Crippen molar-refractivity contribution in [3.63, 3.8) is 0 Å². The molecule has 0 saturated carbocycles. The molecule has 4 rings (SSSR count). The number of hydrogen-bond acceptors (Lipinski definition) is 3. The van der Waals surface area contributed by atoms with E-state index in [1.807, 2.05) is 37.3 Å². The molecule has 0 radical (unpaired) electrons. The molecule has 23 heavy (non-hydrogen) atoms. The maximum atomic E-state index is 12.6. The summed E-state index contributed by atoms with van der Waals surface area (Å²) in [6, 6.07) is 16.3. The van der Waals surface area contributed by atoms with E-state index in [0.29, 0.717) is 11.1 Å². The molecule has 3 aromatic rings. The van der Waals surface area contributed by atoms with E-state index in [2.05, 4.69) is 4.98 Å². The second kappa shape index (κ2) is 5.02. The molecule has 2 aromatic carbocycles. The lowest BCUT2D eigenvalue weighted by Crippen LogP contribution is -2.33. The van der Waals surface area contributed by atoms with Crippen LogP contribution in [0.5, 0.6) is 0 Å². The molecule has 1 atom stereocenters. The van der Waals surface area contributed by atoms with Gasteiger partial charge in [0.2, 0.25) is 0 Å². The second-order valence-electron chi connectivity index (χ2n) is 5.62. The van der Waals surface area contributed by atoms with Crippen molar-refractivity contribution in [3.8, 4) is 0 Å². The minimum atomic E-state index is -0.423. The number of fused-ring (bicyclic) bond motifs is 2. The van der Waals surface area contributed by atoms with Crippen molar-refractivity contribution < 1.29 is 9.59 Å². The number of rotatable bonds is 2. The van der Waals surface area contributed by atoms with Crippen molar-refractivity contribution in [1.29, 1.82) is 0 Å². The number of imide groups is 1. The number of amides is 2. The Morgan fingerprint density at radius 1 is 0.870 bits per heavy atom. The molecule has 0 aliphatic carbocycles. The van der Waals surface area contributed by atoms with Gasteiger partial charge in [-0.05, 0) is 30.5 Å². The lowest BCUT2D eigenvalue weighted by atomic mass is 10.0. The van der Waals surface area contributed by atoms with E-state index in [0.717, 1.165) is 16.5 Å². The summed E-state index contributed by atoms with van der Waals surface area (Å²) in [6.45, 7) is 1.84. The van der Waals surface area contributed by atoms with Crippen molar-refractivity contribution in [2.45, 2.75) is 13.0 Å². The van der Waals surface area contributed by atoms with Crippen molar-refractivity contribution in [2.24, 2.45) is 0 Å². The molecule has 1 unspecified atom stereocenters. The van der Waals surface area contributed by atoms with Gasteiger partial charge in [0.15, 0.2) is 0 Å². The van der Waals surface area contributed by atoms with Crippen LogP contribution in [0.4, 0.5) is 0 Å². The highest BCUT2D eigenvalue weighted by molar-refractivity contribution is 6.21. The largest absolute Gasteiger partial charge is 0.269 e. The van der Waals surface area contributed by atoms with Gasteiger partial charge in [-0.1, -0.05) is 36.4 Å². The van der Waals surface area contributed by atoms with Crippen LogP contribution in [0.15, 0.2) is 60.8 Å². The smallest absolute Gasteiger partial charge is 0.262 e. The Morgan fingerprint density at radius 2 is 1.48 bits per heavy atom. The van der Waals surface area contributed by atoms with E-state index >= 15 is 0 Å². The molecule has 0 fully saturated rings. The minimum Gasteiger partial charge on any atom is -0.269 e. The molecule has 1 aromatic heterocycles. The van der Waals surface area contributed by atoms with Crippen LogP contribution in [0.2, 0.25) is 0 Å². The highest BCUT2D eigenvalue weighted by Crippen LogP contribution is 2.32. The van der Waals surface area contributed by atoms with E-state index in [1.54, 1.807) is 30.5 Å². The van der Waals surface area contributed by atoms with Crippen molar-refractivity contribution in [3.05, 3.63) is 77.6 Å². The number of carbonyl (C=O) groups is 2. The van der Waals surface area contributed by atoms with E-state index in [-0.39, 0.29) is 11.8 Å². The van der Waals surface area contributed by atoms with Crippen molar-refractivity contribution in [2.75, 3.05) is 0 Å². The zero-order valence-corrected chi connectivity index (χ0v) is 12.6. The van der Waals surface area contributed by atoms with Gasteiger partial charge in [-0.3, -0.25) is 19.5 Å². The standard InChI is InChI=1S/C19H14N2O2/c1-12(17-14-7-3-2-6-13(14)10-11-20-17)21-18(22)15-8-4-5-9-16(15)19(21)23/h2-12H,1H3. The predicted molar refractivity (Wildman–Crippen MR) is 87.1 cm³/mol. The summed E-state index contributed by atoms with van der Waals surface area (Å²) in [5.74, 6) is -0.513. The normalized spacial score (nSPS) is 15.1. The summed E-state index contributed by atoms with van der Waals surface area (Å²) in [5, 5.41) is 2.00. The summed E-state index contributed by atoms with van der Waals surface area (Å²) in [4.78, 5) is 31.0. The molecule has 4 heteroatoms. The van der Waals surface area contributed by atoms with Crippen LogP contribution < -0.4 is 0 Å². The van der Waals surface area contributed by atoms with Crippen LogP contribution in [-0.2, 0) is 0 Å². The van der Waals surface area contributed by atoms with Crippen LogP contribution in [0.3, 0.4) is 0 Å². The number of nitrogens with zero attached hydrogens (tertiary/aromatic N) is 2. The molecule has 0 saturated heterocycles. The first-order valence-corrected chi connectivity index (χ1v) is 7.49. The molecule has 2 amide bonds. The quantitative estimate of drug-likeness (QED) is 0.680. The molecule has 1 aliphatic heterocycles. The number of benzene rings is 2. The van der Waals surface area contributed by atoms with Gasteiger partial charge < -0.3 is 0 Å². The summed E-state index contributed by atoms with van der Waals surface area (Å²) >= 11 is 0. The maximum Gasteiger partial charge on any atom is 0.262 e. The van der Waals surface area contributed by atoms with E-state index in [4.69, 9.17) is 0 Å². The van der Waals surface area contributed by atoms with Gasteiger partial charge in [0.1, 0.15) is 0 Å². The third-order valence-corrected chi connectivity index (χ3v) is 4.31. The van der Waals surface area contributed by atoms with E-state index < -0.39 is 6.04 Å². The second-order valence-corrected chi connectivity index (χ2v) is 5.62. The number of pyridine rings is 1. The zero-order valence-electron chi connectivity index (χ0n) is 12.6. The van der Waals surface area contributed by atoms with Crippen LogP contribution in [-0.4, -0.2) is 21.7 Å².